The average molecular weight is 397 g/mol. The number of benzene rings is 3. The summed E-state index contributed by atoms with van der Waals surface area (Å²) in [5, 5.41) is 1.20. The molecular weight excluding hydrogens is 386 g/mol. The molecule has 0 fully saturated rings. The molecule has 3 rings (SSSR count). The van der Waals surface area contributed by atoms with Gasteiger partial charge in [-0.1, -0.05) is 42.5 Å². The predicted octanol–water partition coefficient (Wildman–Crippen LogP) is 5.91. The molecule has 0 aliphatic rings. The minimum absolute atomic E-state index is 0.212. The number of hydrogen-bond donors (Lipinski definition) is 0. The Labute approximate surface area is 135 Å². The number of fused-ring (bicyclic) bond motifs is 1. The first-order chi connectivity index (χ1) is 9.66. The molecule has 3 aromatic rings. The first-order valence-corrected chi connectivity index (χ1v) is 7.75. The molecule has 1 unspecified atom stereocenters. The summed E-state index contributed by atoms with van der Waals surface area (Å²) in [5.41, 5.74) is 1.95. The zero-order valence-corrected chi connectivity index (χ0v) is 13.4. The summed E-state index contributed by atoms with van der Waals surface area (Å²) in [6.07, 6.45) is 0. The van der Waals surface area contributed by atoms with Gasteiger partial charge in [-0.15, -0.1) is 11.6 Å². The maximum atomic E-state index is 13.8. The Balaban J connectivity index is 2.14. The van der Waals surface area contributed by atoms with Gasteiger partial charge >= 0.3 is 0 Å². The highest BCUT2D eigenvalue weighted by Crippen LogP contribution is 2.34. The van der Waals surface area contributed by atoms with Crippen LogP contribution < -0.4 is 0 Å². The normalized spacial score (nSPS) is 12.6. The van der Waals surface area contributed by atoms with E-state index in [1.807, 2.05) is 42.5 Å². The molecule has 0 N–H and O–H groups in total. The molecule has 1 atom stereocenters. The van der Waals surface area contributed by atoms with E-state index >= 15 is 0 Å². The molecular formula is C17H11ClFI. The van der Waals surface area contributed by atoms with E-state index in [0.29, 0.717) is 5.39 Å². The van der Waals surface area contributed by atoms with Crippen LogP contribution in [0.3, 0.4) is 0 Å². The van der Waals surface area contributed by atoms with Gasteiger partial charge in [0.15, 0.2) is 0 Å². The first kappa shape index (κ1) is 13.8. The van der Waals surface area contributed by atoms with Crippen molar-refractivity contribution in [2.24, 2.45) is 0 Å². The second-order valence-corrected chi connectivity index (χ2v) is 6.28. The van der Waals surface area contributed by atoms with Crippen molar-refractivity contribution in [1.29, 1.82) is 0 Å². The molecule has 100 valence electrons. The van der Waals surface area contributed by atoms with Crippen LogP contribution in [0.15, 0.2) is 60.7 Å². The average Bonchev–Trinajstić information content (AvgIpc) is 2.48. The number of hydrogen-bond acceptors (Lipinski definition) is 0. The van der Waals surface area contributed by atoms with Crippen molar-refractivity contribution in [3.63, 3.8) is 0 Å². The van der Waals surface area contributed by atoms with Gasteiger partial charge in [0.1, 0.15) is 5.82 Å². The molecule has 0 saturated carbocycles. The van der Waals surface area contributed by atoms with Gasteiger partial charge in [0.05, 0.1) is 5.38 Å². The molecule has 0 radical (unpaired) electrons. The topological polar surface area (TPSA) is 0 Å². The standard InChI is InChI=1S/C17H11ClFI/c18-17(11-5-7-12(20)8-6-11)15-9-10-16(19)14-4-2-1-3-13(14)15/h1-10,17H. The van der Waals surface area contributed by atoms with Gasteiger partial charge in [-0.25, -0.2) is 4.39 Å². The van der Waals surface area contributed by atoms with E-state index in [1.54, 1.807) is 12.1 Å². The third kappa shape index (κ3) is 2.54. The maximum absolute atomic E-state index is 13.8. The van der Waals surface area contributed by atoms with Crippen LogP contribution in [0.1, 0.15) is 16.5 Å². The van der Waals surface area contributed by atoms with Gasteiger partial charge in [-0.2, -0.15) is 0 Å². The fraction of sp³-hybridized carbons (Fsp3) is 0.0588. The molecule has 0 aromatic heterocycles. The van der Waals surface area contributed by atoms with Crippen LogP contribution in [0.2, 0.25) is 0 Å². The Morgan fingerprint density at radius 1 is 0.850 bits per heavy atom. The van der Waals surface area contributed by atoms with Gasteiger partial charge in [0.25, 0.3) is 0 Å². The summed E-state index contributed by atoms with van der Waals surface area (Å²) in [6, 6.07) is 18.8. The van der Waals surface area contributed by atoms with Crippen LogP contribution in [0, 0.1) is 9.39 Å². The zero-order valence-electron chi connectivity index (χ0n) is 10.5. The maximum Gasteiger partial charge on any atom is 0.131 e. The number of alkyl halides is 1. The summed E-state index contributed by atoms with van der Waals surface area (Å²) in [4.78, 5) is 0. The highest BCUT2D eigenvalue weighted by Gasteiger charge is 2.15. The molecule has 20 heavy (non-hydrogen) atoms. The monoisotopic (exact) mass is 396 g/mol. The Kier molecular flexibility index (Phi) is 3.94. The Bertz CT molecular complexity index is 753. The Hall–Kier alpha value is -1.13. The van der Waals surface area contributed by atoms with Crippen LogP contribution >= 0.6 is 34.2 Å². The zero-order chi connectivity index (χ0) is 14.1. The van der Waals surface area contributed by atoms with Crippen molar-refractivity contribution in [2.45, 2.75) is 5.38 Å². The third-order valence-electron chi connectivity index (χ3n) is 3.34. The van der Waals surface area contributed by atoms with Crippen molar-refractivity contribution in [3.8, 4) is 0 Å². The Morgan fingerprint density at radius 3 is 2.20 bits per heavy atom. The molecule has 0 bridgehead atoms. The fourth-order valence-corrected chi connectivity index (χ4v) is 3.01. The molecule has 0 aliphatic carbocycles. The number of rotatable bonds is 2. The van der Waals surface area contributed by atoms with Gasteiger partial charge in [-0.05, 0) is 57.3 Å². The molecule has 0 amide bonds. The molecule has 0 saturated heterocycles. The fourth-order valence-electron chi connectivity index (χ4n) is 2.32. The lowest BCUT2D eigenvalue weighted by molar-refractivity contribution is 0.639. The summed E-state index contributed by atoms with van der Waals surface area (Å²) in [6.45, 7) is 0. The van der Waals surface area contributed by atoms with E-state index in [4.69, 9.17) is 11.6 Å². The SMILES string of the molecule is Fc1ccc(C(Cl)c2ccc(I)cc2)c2ccccc12. The van der Waals surface area contributed by atoms with Crippen LogP contribution in [-0.2, 0) is 0 Å². The van der Waals surface area contributed by atoms with Crippen LogP contribution in [0.4, 0.5) is 4.39 Å². The van der Waals surface area contributed by atoms with E-state index in [9.17, 15) is 4.39 Å². The van der Waals surface area contributed by atoms with E-state index in [1.165, 1.54) is 9.64 Å². The highest BCUT2D eigenvalue weighted by molar-refractivity contribution is 14.1. The number of halogens is 3. The summed E-state index contributed by atoms with van der Waals surface area (Å²) in [7, 11) is 0. The summed E-state index contributed by atoms with van der Waals surface area (Å²) >= 11 is 8.85. The minimum Gasteiger partial charge on any atom is -0.206 e. The second kappa shape index (κ2) is 5.70. The molecule has 0 aliphatic heterocycles. The highest BCUT2D eigenvalue weighted by atomic mass is 127. The van der Waals surface area contributed by atoms with Crippen molar-refractivity contribution in [2.75, 3.05) is 0 Å². The van der Waals surface area contributed by atoms with Gasteiger partial charge < -0.3 is 0 Å². The molecule has 3 heteroatoms. The van der Waals surface area contributed by atoms with Crippen molar-refractivity contribution in [1.82, 2.24) is 0 Å². The molecule has 0 heterocycles. The van der Waals surface area contributed by atoms with Crippen LogP contribution in [-0.4, -0.2) is 0 Å². The van der Waals surface area contributed by atoms with Crippen LogP contribution in [0.25, 0.3) is 10.8 Å². The van der Waals surface area contributed by atoms with E-state index in [0.717, 1.165) is 16.5 Å². The van der Waals surface area contributed by atoms with Crippen molar-refractivity contribution >= 4 is 45.0 Å². The quantitative estimate of drug-likeness (QED) is 0.373. The molecule has 0 spiro atoms. The largest absolute Gasteiger partial charge is 0.206 e. The Morgan fingerprint density at radius 2 is 1.50 bits per heavy atom. The van der Waals surface area contributed by atoms with Crippen molar-refractivity contribution in [3.05, 3.63) is 81.2 Å². The van der Waals surface area contributed by atoms with Gasteiger partial charge in [-0.3, -0.25) is 0 Å². The minimum atomic E-state index is -0.280. The lowest BCUT2D eigenvalue weighted by Gasteiger charge is -2.14. The lowest BCUT2D eigenvalue weighted by atomic mass is 9.98. The van der Waals surface area contributed by atoms with E-state index < -0.39 is 0 Å². The smallest absolute Gasteiger partial charge is 0.131 e. The van der Waals surface area contributed by atoms with Gasteiger partial charge in [0, 0.05) is 8.96 Å². The molecule has 0 nitrogen and oxygen atoms in total. The second-order valence-electron chi connectivity index (χ2n) is 4.60. The van der Waals surface area contributed by atoms with Crippen LogP contribution in [0.5, 0.6) is 0 Å². The first-order valence-electron chi connectivity index (χ1n) is 6.23. The lowest BCUT2D eigenvalue weighted by Crippen LogP contribution is -1.96. The summed E-state index contributed by atoms with van der Waals surface area (Å²) in [5.74, 6) is -0.212. The third-order valence-corrected chi connectivity index (χ3v) is 4.55. The van der Waals surface area contributed by atoms with Gasteiger partial charge in [0.2, 0.25) is 0 Å². The van der Waals surface area contributed by atoms with E-state index in [-0.39, 0.29) is 11.2 Å². The van der Waals surface area contributed by atoms with Crippen molar-refractivity contribution < 1.29 is 4.39 Å². The van der Waals surface area contributed by atoms with E-state index in [2.05, 4.69) is 22.6 Å². The molecule has 3 aromatic carbocycles. The summed E-state index contributed by atoms with van der Waals surface area (Å²) < 4.78 is 15.0. The predicted molar refractivity (Wildman–Crippen MR) is 90.8 cm³/mol.